The molecule has 4 heteroatoms. The number of aryl methyl sites for hydroxylation is 1. The van der Waals surface area contributed by atoms with E-state index in [9.17, 15) is 4.39 Å². The van der Waals surface area contributed by atoms with Gasteiger partial charge in [-0.15, -0.1) is 0 Å². The van der Waals surface area contributed by atoms with Gasteiger partial charge >= 0.3 is 0 Å². The van der Waals surface area contributed by atoms with E-state index in [0.29, 0.717) is 28.4 Å². The maximum atomic E-state index is 13.4. The number of rotatable bonds is 3. The van der Waals surface area contributed by atoms with E-state index in [1.165, 1.54) is 6.07 Å². The zero-order chi connectivity index (χ0) is 13.8. The molecule has 0 atom stereocenters. The van der Waals surface area contributed by atoms with Crippen LogP contribution in [0.2, 0.25) is 5.02 Å². The van der Waals surface area contributed by atoms with E-state index in [4.69, 9.17) is 16.9 Å². The predicted octanol–water partition coefficient (Wildman–Crippen LogP) is 4.27. The largest absolute Gasteiger partial charge is 0.381 e. The molecule has 19 heavy (non-hydrogen) atoms. The number of halogens is 2. The molecule has 96 valence electrons. The van der Waals surface area contributed by atoms with Gasteiger partial charge in [0, 0.05) is 17.3 Å². The van der Waals surface area contributed by atoms with Crippen LogP contribution in [0.3, 0.4) is 0 Å². The Morgan fingerprint density at radius 2 is 2.05 bits per heavy atom. The molecular formula is C15H12ClFN2. The van der Waals surface area contributed by atoms with Crippen LogP contribution >= 0.6 is 11.6 Å². The summed E-state index contributed by atoms with van der Waals surface area (Å²) in [6, 6.07) is 12.1. The lowest BCUT2D eigenvalue weighted by atomic mass is 10.1. The van der Waals surface area contributed by atoms with Crippen molar-refractivity contribution in [1.29, 1.82) is 5.26 Å². The average Bonchev–Trinajstić information content (AvgIpc) is 2.41. The van der Waals surface area contributed by atoms with Crippen molar-refractivity contribution in [3.8, 4) is 6.07 Å². The van der Waals surface area contributed by atoms with Gasteiger partial charge in [-0.3, -0.25) is 0 Å². The van der Waals surface area contributed by atoms with Crippen LogP contribution in [0.4, 0.5) is 10.1 Å². The average molecular weight is 275 g/mol. The van der Waals surface area contributed by atoms with Crippen LogP contribution < -0.4 is 5.32 Å². The number of hydrogen-bond acceptors (Lipinski definition) is 2. The number of anilines is 1. The molecule has 1 N–H and O–H groups in total. The molecule has 2 rings (SSSR count). The van der Waals surface area contributed by atoms with E-state index in [1.54, 1.807) is 31.2 Å². The molecule has 0 saturated carbocycles. The maximum absolute atomic E-state index is 13.4. The second-order valence-electron chi connectivity index (χ2n) is 4.24. The normalized spacial score (nSPS) is 10.0. The van der Waals surface area contributed by atoms with Gasteiger partial charge in [-0.2, -0.15) is 5.26 Å². The van der Waals surface area contributed by atoms with Gasteiger partial charge in [-0.25, -0.2) is 4.39 Å². The van der Waals surface area contributed by atoms with Gasteiger partial charge in [0.15, 0.2) is 0 Å². The molecule has 2 aromatic rings. The number of nitrogens with zero attached hydrogens (tertiary/aromatic N) is 1. The minimum atomic E-state index is -0.240. The topological polar surface area (TPSA) is 35.8 Å². The SMILES string of the molecule is Cc1ccc(NCc2ccc(C#N)cc2Cl)cc1F. The fraction of sp³-hybridized carbons (Fsp3) is 0.133. The number of hydrogen-bond donors (Lipinski definition) is 1. The summed E-state index contributed by atoms with van der Waals surface area (Å²) < 4.78 is 13.4. The molecule has 0 amide bonds. The molecule has 0 spiro atoms. The van der Waals surface area contributed by atoms with Gasteiger partial charge < -0.3 is 5.32 Å². The summed E-state index contributed by atoms with van der Waals surface area (Å²) in [5, 5.41) is 12.4. The zero-order valence-electron chi connectivity index (χ0n) is 10.4. The second kappa shape index (κ2) is 5.73. The highest BCUT2D eigenvalue weighted by Gasteiger charge is 2.03. The minimum Gasteiger partial charge on any atom is -0.381 e. The summed E-state index contributed by atoms with van der Waals surface area (Å²) >= 11 is 6.07. The zero-order valence-corrected chi connectivity index (χ0v) is 11.1. The molecule has 0 radical (unpaired) electrons. The Morgan fingerprint density at radius 3 is 2.68 bits per heavy atom. The summed E-state index contributed by atoms with van der Waals surface area (Å²) in [6.45, 7) is 2.20. The lowest BCUT2D eigenvalue weighted by Crippen LogP contribution is -2.01. The Labute approximate surface area is 116 Å². The van der Waals surface area contributed by atoms with Crippen LogP contribution in [-0.4, -0.2) is 0 Å². The molecule has 0 saturated heterocycles. The van der Waals surface area contributed by atoms with Gasteiger partial charge in [-0.1, -0.05) is 23.7 Å². The van der Waals surface area contributed by atoms with Crippen molar-refractivity contribution in [1.82, 2.24) is 0 Å². The molecule has 0 heterocycles. The van der Waals surface area contributed by atoms with Crippen LogP contribution in [0.5, 0.6) is 0 Å². The molecule has 2 nitrogen and oxygen atoms in total. The molecule has 2 aromatic carbocycles. The van der Waals surface area contributed by atoms with Gasteiger partial charge in [-0.05, 0) is 42.3 Å². The van der Waals surface area contributed by atoms with Gasteiger partial charge in [0.05, 0.1) is 11.6 Å². The molecule has 0 fully saturated rings. The Hall–Kier alpha value is -2.05. The fourth-order valence-electron chi connectivity index (χ4n) is 1.66. The van der Waals surface area contributed by atoms with E-state index >= 15 is 0 Å². The van der Waals surface area contributed by atoms with E-state index < -0.39 is 0 Å². The first-order valence-corrected chi connectivity index (χ1v) is 6.16. The number of benzene rings is 2. The van der Waals surface area contributed by atoms with Crippen LogP contribution in [0.1, 0.15) is 16.7 Å². The van der Waals surface area contributed by atoms with Crippen molar-refractivity contribution in [3.63, 3.8) is 0 Å². The smallest absolute Gasteiger partial charge is 0.128 e. The molecule has 0 aliphatic heterocycles. The minimum absolute atomic E-state index is 0.240. The van der Waals surface area contributed by atoms with Crippen molar-refractivity contribution < 1.29 is 4.39 Å². The highest BCUT2D eigenvalue weighted by atomic mass is 35.5. The molecule has 0 bridgehead atoms. The summed E-state index contributed by atoms with van der Waals surface area (Å²) in [5.41, 5.74) is 2.70. The van der Waals surface area contributed by atoms with Crippen LogP contribution in [0.15, 0.2) is 36.4 Å². The Balaban J connectivity index is 2.10. The maximum Gasteiger partial charge on any atom is 0.128 e. The summed E-state index contributed by atoms with van der Waals surface area (Å²) in [5.74, 6) is -0.240. The van der Waals surface area contributed by atoms with E-state index in [-0.39, 0.29) is 5.82 Å². The lowest BCUT2D eigenvalue weighted by Gasteiger charge is -2.09. The summed E-state index contributed by atoms with van der Waals surface area (Å²) in [6.07, 6.45) is 0. The Bertz CT molecular complexity index is 647. The summed E-state index contributed by atoms with van der Waals surface area (Å²) in [4.78, 5) is 0. The van der Waals surface area contributed by atoms with Crippen molar-refractivity contribution in [2.24, 2.45) is 0 Å². The van der Waals surface area contributed by atoms with Gasteiger partial charge in [0.25, 0.3) is 0 Å². The van der Waals surface area contributed by atoms with Crippen LogP contribution in [-0.2, 0) is 6.54 Å². The first-order valence-electron chi connectivity index (χ1n) is 5.78. The van der Waals surface area contributed by atoms with Crippen molar-refractivity contribution in [2.75, 3.05) is 5.32 Å². The Morgan fingerprint density at radius 1 is 1.26 bits per heavy atom. The third kappa shape index (κ3) is 3.24. The third-order valence-electron chi connectivity index (χ3n) is 2.84. The third-order valence-corrected chi connectivity index (χ3v) is 3.19. The second-order valence-corrected chi connectivity index (χ2v) is 4.64. The highest BCUT2D eigenvalue weighted by molar-refractivity contribution is 6.31. The standard InChI is InChI=1S/C15H12ClFN2/c1-10-2-5-13(7-15(10)17)19-9-12-4-3-11(8-18)6-14(12)16/h2-7,19H,9H2,1H3. The van der Waals surface area contributed by atoms with Gasteiger partial charge in [0.1, 0.15) is 5.82 Å². The van der Waals surface area contributed by atoms with E-state index in [1.807, 2.05) is 12.1 Å². The fourth-order valence-corrected chi connectivity index (χ4v) is 1.91. The van der Waals surface area contributed by atoms with Crippen LogP contribution in [0.25, 0.3) is 0 Å². The van der Waals surface area contributed by atoms with Crippen molar-refractivity contribution >= 4 is 17.3 Å². The molecule has 0 aliphatic rings. The first kappa shape index (κ1) is 13.4. The number of nitrogens with one attached hydrogen (secondary N) is 1. The Kier molecular flexibility index (Phi) is 4.03. The van der Waals surface area contributed by atoms with Gasteiger partial charge in [0.2, 0.25) is 0 Å². The van der Waals surface area contributed by atoms with Crippen LogP contribution in [0, 0.1) is 24.1 Å². The quantitative estimate of drug-likeness (QED) is 0.907. The predicted molar refractivity (Wildman–Crippen MR) is 74.6 cm³/mol. The van der Waals surface area contributed by atoms with Crippen molar-refractivity contribution in [3.05, 3.63) is 63.9 Å². The highest BCUT2D eigenvalue weighted by Crippen LogP contribution is 2.20. The van der Waals surface area contributed by atoms with Crippen molar-refractivity contribution in [2.45, 2.75) is 13.5 Å². The molecule has 0 aromatic heterocycles. The molecule has 0 unspecified atom stereocenters. The molecule has 0 aliphatic carbocycles. The number of nitriles is 1. The molecular weight excluding hydrogens is 263 g/mol. The van der Waals surface area contributed by atoms with E-state index in [2.05, 4.69) is 5.32 Å². The first-order chi connectivity index (χ1) is 9.10. The monoisotopic (exact) mass is 274 g/mol. The van der Waals surface area contributed by atoms with E-state index in [0.717, 1.165) is 5.56 Å². The lowest BCUT2D eigenvalue weighted by molar-refractivity contribution is 0.619. The summed E-state index contributed by atoms with van der Waals surface area (Å²) in [7, 11) is 0.